The smallest absolute Gasteiger partial charge is 0.368 e. The average molecular weight is 1350 g/mol. The van der Waals surface area contributed by atoms with E-state index >= 15 is 0 Å². The van der Waals surface area contributed by atoms with E-state index in [1.54, 1.807) is 92.3 Å². The van der Waals surface area contributed by atoms with Gasteiger partial charge in [-0.2, -0.15) is 18.7 Å². The van der Waals surface area contributed by atoms with Crippen LogP contribution in [-0.4, -0.2) is 79.2 Å². The Bertz CT molecular complexity index is 4460. The van der Waals surface area contributed by atoms with Crippen LogP contribution >= 0.6 is 72.9 Å². The molecule has 12 aromatic rings. The molecule has 450 valence electrons. The summed E-state index contributed by atoms with van der Waals surface area (Å²) in [6.07, 6.45) is 0. The summed E-state index contributed by atoms with van der Waals surface area (Å²) >= 11 is 14.9. The van der Waals surface area contributed by atoms with Crippen LogP contribution in [0.15, 0.2) is 148 Å². The minimum Gasteiger partial charge on any atom is -0.489 e. The summed E-state index contributed by atoms with van der Waals surface area (Å²) in [6, 6.07) is 24.0. The lowest BCUT2D eigenvalue weighted by Crippen LogP contribution is -2.22. The minimum atomic E-state index is -0.461. The van der Waals surface area contributed by atoms with Crippen LogP contribution in [0.3, 0.4) is 0 Å². The molecule has 0 saturated carbocycles. The first-order valence-corrected chi connectivity index (χ1v) is 30.3. The number of ether oxygens (including phenoxy) is 4. The monoisotopic (exact) mass is 1350 g/mol. The molecule has 24 nitrogen and oxygen atoms in total. The predicted molar refractivity (Wildman–Crippen MR) is 333 cm³/mol. The number of halogens is 3. The average Bonchev–Trinajstić information content (AvgIpc) is 1.76. The van der Waals surface area contributed by atoms with E-state index in [0.717, 1.165) is 69.0 Å². The molecule has 0 radical (unpaired) electrons. The van der Waals surface area contributed by atoms with Crippen LogP contribution in [0.25, 0.3) is 20.0 Å². The third-order valence-electron chi connectivity index (χ3n) is 12.4. The predicted octanol–water partition coefficient (Wildman–Crippen LogP) is 9.21. The molecule has 0 spiro atoms. The van der Waals surface area contributed by atoms with Gasteiger partial charge in [-0.3, -0.25) is 0 Å². The van der Waals surface area contributed by atoms with Crippen molar-refractivity contribution in [1.82, 2.24) is 79.2 Å². The highest BCUT2D eigenvalue weighted by Crippen LogP contribution is 2.33. The Labute approximate surface area is 529 Å². The summed E-state index contributed by atoms with van der Waals surface area (Å²) in [6.45, 7) is 8.21. The molecule has 0 aliphatic rings. The number of tetrazole rings is 4. The van der Waals surface area contributed by atoms with Gasteiger partial charge in [-0.25, -0.2) is 23.6 Å². The Morgan fingerprint density at radius 1 is 0.460 bits per heavy atom. The summed E-state index contributed by atoms with van der Waals surface area (Å²) < 4.78 is 77.6. The number of nitrogens with zero attached hydrogens (tertiary/aromatic N) is 16. The van der Waals surface area contributed by atoms with Crippen molar-refractivity contribution in [3.05, 3.63) is 226 Å². The van der Waals surface area contributed by atoms with Crippen molar-refractivity contribution < 1.29 is 28.8 Å². The molecule has 0 aliphatic carbocycles. The molecule has 8 heterocycles. The number of rotatable bonds is 16. The molecule has 0 N–H and O–H groups in total. The molecule has 12 rings (SSSR count). The second-order valence-electron chi connectivity index (χ2n) is 18.5. The topological polar surface area (TPSA) is 248 Å². The second-order valence-corrected chi connectivity index (χ2v) is 23.2. The van der Waals surface area contributed by atoms with Gasteiger partial charge in [0.1, 0.15) is 75.2 Å². The van der Waals surface area contributed by atoms with Crippen LogP contribution in [0.4, 0.5) is 4.39 Å². The highest BCUT2D eigenvalue weighted by atomic mass is 79.9. The number of hydrogen-bond acceptors (Lipinski definition) is 20. The Kier molecular flexibility index (Phi) is 18.7. The largest absolute Gasteiger partial charge is 0.489 e. The molecule has 31 heteroatoms. The first-order valence-electron chi connectivity index (χ1n) is 27.6. The van der Waals surface area contributed by atoms with Gasteiger partial charge in [0.25, 0.3) is 0 Å². The van der Waals surface area contributed by atoms with Gasteiger partial charge in [0.15, 0.2) is 0 Å². The van der Waals surface area contributed by atoms with E-state index < -0.39 is 11.5 Å². The van der Waals surface area contributed by atoms with E-state index in [9.17, 15) is 23.6 Å². The molecule has 4 aromatic carbocycles. The van der Waals surface area contributed by atoms with Crippen LogP contribution in [0, 0.1) is 33.5 Å². The van der Waals surface area contributed by atoms with Crippen LogP contribution in [0.2, 0.25) is 5.02 Å². The van der Waals surface area contributed by atoms with Crippen molar-refractivity contribution in [3.8, 4) is 43.0 Å². The Hall–Kier alpha value is -8.94. The number of thiophene rings is 4. The maximum atomic E-state index is 14.0. The Morgan fingerprint density at radius 3 is 1.21 bits per heavy atom. The minimum absolute atomic E-state index is 0.0497. The summed E-state index contributed by atoms with van der Waals surface area (Å²) in [5.74, 6) is 2.19. The van der Waals surface area contributed by atoms with Gasteiger partial charge in [-0.15, -0.1) is 64.1 Å². The van der Waals surface area contributed by atoms with Gasteiger partial charge in [0.05, 0.1) is 16.1 Å². The van der Waals surface area contributed by atoms with Crippen LogP contribution in [-0.2, 0) is 54.6 Å². The summed E-state index contributed by atoms with van der Waals surface area (Å²) in [5.41, 5.74) is 4.64. The van der Waals surface area contributed by atoms with Gasteiger partial charge < -0.3 is 18.9 Å². The first kappa shape index (κ1) is 57.2. The number of hydrogen-bond donors (Lipinski definition) is 0. The molecule has 87 heavy (non-hydrogen) atoms. The molecule has 0 unspecified atom stereocenters. The highest BCUT2D eigenvalue weighted by molar-refractivity contribution is 9.10. The molecule has 0 aliphatic heterocycles. The van der Waals surface area contributed by atoms with E-state index in [4.69, 9.17) is 36.0 Å². The van der Waals surface area contributed by atoms with Crippen molar-refractivity contribution in [2.45, 2.75) is 54.1 Å². The molecule has 0 fully saturated rings. The van der Waals surface area contributed by atoms with Gasteiger partial charge in [0, 0.05) is 65.5 Å². The standard InChI is InChI=1S/C14H13BrN4O2S.C14H13ClN4O2S.C14H13FN4O2S.C14H14N4O2S/c3*1-9-5-3-4-6-12(9)21-7-10-11(15)8-22-13(10)19-14(20)18(2)16-17-19;1-10-5-3-4-6-12(10)20-9-11-7-8-21-13(11)18-14(19)17(2)15-16-18/h3*3-6,8H,7H2,1-2H3;3-8H,9H2,1-2H3/i4*3T. The summed E-state index contributed by atoms with van der Waals surface area (Å²) in [4.78, 5) is 47.9. The summed E-state index contributed by atoms with van der Waals surface area (Å²) in [5, 5.41) is 39.7. The number of para-hydroxylation sites is 4. The molecular weight excluding hydrogens is 1290 g/mol. The number of benzene rings is 4. The fourth-order valence-electron chi connectivity index (χ4n) is 7.62. The van der Waals surface area contributed by atoms with Gasteiger partial charge in [-0.1, -0.05) is 84.3 Å². The lowest BCUT2D eigenvalue weighted by Gasteiger charge is -2.09. The Balaban J connectivity index is 0.000000144. The maximum Gasteiger partial charge on any atom is 0.368 e. The lowest BCUT2D eigenvalue weighted by atomic mass is 10.2. The van der Waals surface area contributed by atoms with Crippen molar-refractivity contribution in [2.75, 3.05) is 0 Å². The zero-order valence-corrected chi connectivity index (χ0v) is 52.9. The maximum absolute atomic E-state index is 14.0. The van der Waals surface area contributed by atoms with Crippen molar-refractivity contribution in [1.29, 1.82) is 0 Å². The Morgan fingerprint density at radius 2 is 0.805 bits per heavy atom. The fourth-order valence-corrected chi connectivity index (χ4v) is 12.2. The second kappa shape index (κ2) is 28.5. The zero-order valence-electron chi connectivity index (χ0n) is 51.3. The van der Waals surface area contributed by atoms with E-state index in [2.05, 4.69) is 57.6 Å². The third kappa shape index (κ3) is 14.7. The van der Waals surface area contributed by atoms with Gasteiger partial charge in [-0.05, 0) is 143 Å². The fraction of sp³-hybridized carbons (Fsp3) is 0.214. The van der Waals surface area contributed by atoms with Crippen molar-refractivity contribution in [3.63, 3.8) is 0 Å². The summed E-state index contributed by atoms with van der Waals surface area (Å²) in [7, 11) is 6.11. The third-order valence-corrected chi connectivity index (χ3v) is 17.8. The van der Waals surface area contributed by atoms with Crippen molar-refractivity contribution >= 4 is 72.9 Å². The normalized spacial score (nSPS) is 11.5. The first-order chi connectivity index (χ1) is 43.5. The van der Waals surface area contributed by atoms with E-state index in [1.165, 1.54) is 76.9 Å². The zero-order chi connectivity index (χ0) is 65.4. The lowest BCUT2D eigenvalue weighted by molar-refractivity contribution is 0.298. The number of aryl methyl sites for hydroxylation is 8. The highest BCUT2D eigenvalue weighted by Gasteiger charge is 2.21. The molecular formula is C56H53BrClFN16O8S4. The van der Waals surface area contributed by atoms with Crippen LogP contribution in [0.5, 0.6) is 23.0 Å². The molecule has 0 amide bonds. The number of aromatic nitrogens is 16. The van der Waals surface area contributed by atoms with Crippen LogP contribution < -0.4 is 41.7 Å². The molecule has 0 atom stereocenters. The molecule has 0 bridgehead atoms. The van der Waals surface area contributed by atoms with Crippen LogP contribution in [0.1, 0.15) is 50.0 Å². The molecule has 8 aromatic heterocycles. The van der Waals surface area contributed by atoms with E-state index in [0.29, 0.717) is 78.6 Å². The quantitative estimate of drug-likeness (QED) is 0.0874. The molecule has 0 saturated heterocycles. The van der Waals surface area contributed by atoms with Crippen molar-refractivity contribution in [2.24, 2.45) is 28.2 Å². The van der Waals surface area contributed by atoms with E-state index in [1.807, 2.05) is 44.5 Å². The SMILES string of the molecule is [3H]c1ccc(OCc2c(Br)csc2-n2nnn(C)c2=O)c(C)c1.[3H]c1ccc(OCc2c(Cl)csc2-n2nnn(C)c2=O)c(C)c1.[3H]c1ccc(OCc2c(F)csc2-n2nnn(C)c2=O)c(C)c1.[3H]c1ccc(OCc2ccsc2-n2nnn(C)c2=O)c(C)c1. The van der Waals surface area contributed by atoms with E-state index in [-0.39, 0.29) is 42.5 Å². The van der Waals surface area contributed by atoms with Gasteiger partial charge >= 0.3 is 22.8 Å². The van der Waals surface area contributed by atoms with Gasteiger partial charge in [0.2, 0.25) is 0 Å².